The van der Waals surface area contributed by atoms with E-state index in [4.69, 9.17) is 14.4 Å². The zero-order valence-corrected chi connectivity index (χ0v) is 26.0. The molecule has 47 heavy (non-hydrogen) atoms. The minimum absolute atomic E-state index is 0.0896. The molecule has 0 fully saturated rings. The van der Waals surface area contributed by atoms with Crippen LogP contribution in [0.15, 0.2) is 144 Å². The maximum absolute atomic E-state index is 6.36. The Labute approximate surface area is 271 Å². The van der Waals surface area contributed by atoms with Crippen molar-refractivity contribution < 1.29 is 4.42 Å². The first-order chi connectivity index (χ1) is 23.1. The maximum atomic E-state index is 6.36. The average Bonchev–Trinajstić information content (AvgIpc) is 3.73. The van der Waals surface area contributed by atoms with Crippen molar-refractivity contribution in [3.63, 3.8) is 0 Å². The maximum Gasteiger partial charge on any atom is 0.180 e. The standard InChI is InChI=1S/C43H29N3O/c1-43(2)34-20-9-6-17-29(34)32-24-33-30-18-7-10-21-36(30)46(37(33)25-35(32)43)28-16-12-15-27(23-28)42-44-39(26-13-4-3-5-14-26)41-40(45-42)31-19-8-11-22-38(31)47-41/h3-25H,1-2H3. The van der Waals surface area contributed by atoms with Gasteiger partial charge in [0.1, 0.15) is 16.8 Å². The number of furan rings is 1. The first-order valence-corrected chi connectivity index (χ1v) is 16.1. The van der Waals surface area contributed by atoms with Gasteiger partial charge in [-0.2, -0.15) is 0 Å². The fourth-order valence-corrected chi connectivity index (χ4v) is 7.74. The molecule has 0 bridgehead atoms. The van der Waals surface area contributed by atoms with E-state index in [1.165, 1.54) is 44.1 Å². The van der Waals surface area contributed by atoms with Crippen molar-refractivity contribution in [1.82, 2.24) is 14.5 Å². The van der Waals surface area contributed by atoms with E-state index < -0.39 is 0 Å². The highest BCUT2D eigenvalue weighted by atomic mass is 16.3. The predicted molar refractivity (Wildman–Crippen MR) is 192 cm³/mol. The lowest BCUT2D eigenvalue weighted by Crippen LogP contribution is -2.14. The van der Waals surface area contributed by atoms with Gasteiger partial charge in [-0.3, -0.25) is 0 Å². The Kier molecular flexibility index (Phi) is 5.31. The van der Waals surface area contributed by atoms with Crippen LogP contribution in [0.1, 0.15) is 25.0 Å². The molecule has 4 heteroatoms. The summed E-state index contributed by atoms with van der Waals surface area (Å²) in [5.41, 5.74) is 13.8. The second-order valence-corrected chi connectivity index (χ2v) is 13.0. The van der Waals surface area contributed by atoms with Gasteiger partial charge in [-0.05, 0) is 64.7 Å². The molecule has 3 aromatic heterocycles. The molecule has 0 aliphatic heterocycles. The molecule has 3 heterocycles. The number of para-hydroxylation sites is 2. The summed E-state index contributed by atoms with van der Waals surface area (Å²) in [6, 6.07) is 49.3. The van der Waals surface area contributed by atoms with Crippen LogP contribution in [0.2, 0.25) is 0 Å². The summed E-state index contributed by atoms with van der Waals surface area (Å²) in [6.45, 7) is 4.68. The Morgan fingerprint density at radius 1 is 0.553 bits per heavy atom. The van der Waals surface area contributed by atoms with Crippen molar-refractivity contribution in [2.75, 3.05) is 0 Å². The Balaban J connectivity index is 1.22. The van der Waals surface area contributed by atoms with Crippen LogP contribution in [0, 0.1) is 0 Å². The Morgan fingerprint density at radius 3 is 2.19 bits per heavy atom. The highest BCUT2D eigenvalue weighted by Crippen LogP contribution is 2.51. The number of nitrogens with zero attached hydrogens (tertiary/aromatic N) is 3. The van der Waals surface area contributed by atoms with Gasteiger partial charge in [0.2, 0.25) is 0 Å². The molecule has 6 aromatic carbocycles. The van der Waals surface area contributed by atoms with E-state index in [1.54, 1.807) is 0 Å². The van der Waals surface area contributed by atoms with Gasteiger partial charge < -0.3 is 8.98 Å². The molecule has 0 unspecified atom stereocenters. The fraction of sp³-hybridized carbons (Fsp3) is 0.0698. The van der Waals surface area contributed by atoms with E-state index in [2.05, 4.69) is 122 Å². The average molecular weight is 604 g/mol. The van der Waals surface area contributed by atoms with Crippen molar-refractivity contribution in [3.05, 3.63) is 151 Å². The van der Waals surface area contributed by atoms with Gasteiger partial charge in [0.15, 0.2) is 11.4 Å². The number of hydrogen-bond acceptors (Lipinski definition) is 3. The molecule has 0 radical (unpaired) electrons. The molecule has 0 amide bonds. The molecule has 0 N–H and O–H groups in total. The zero-order chi connectivity index (χ0) is 31.3. The number of benzene rings is 6. The third-order valence-corrected chi connectivity index (χ3v) is 10.0. The van der Waals surface area contributed by atoms with E-state index >= 15 is 0 Å². The summed E-state index contributed by atoms with van der Waals surface area (Å²) in [5.74, 6) is 0.669. The predicted octanol–water partition coefficient (Wildman–Crippen LogP) is 11.1. The summed E-state index contributed by atoms with van der Waals surface area (Å²) in [6.07, 6.45) is 0. The van der Waals surface area contributed by atoms with Crippen LogP contribution in [0.3, 0.4) is 0 Å². The molecule has 0 saturated heterocycles. The number of rotatable bonds is 3. The molecule has 0 spiro atoms. The van der Waals surface area contributed by atoms with Gasteiger partial charge in [-0.25, -0.2) is 9.97 Å². The fourth-order valence-electron chi connectivity index (χ4n) is 7.74. The second-order valence-electron chi connectivity index (χ2n) is 13.0. The van der Waals surface area contributed by atoms with Gasteiger partial charge in [-0.15, -0.1) is 0 Å². The van der Waals surface area contributed by atoms with E-state index in [0.717, 1.165) is 39.0 Å². The van der Waals surface area contributed by atoms with Crippen LogP contribution in [0.4, 0.5) is 0 Å². The highest BCUT2D eigenvalue weighted by molar-refractivity contribution is 6.12. The van der Waals surface area contributed by atoms with Crippen LogP contribution in [0.5, 0.6) is 0 Å². The van der Waals surface area contributed by atoms with Crippen molar-refractivity contribution in [2.45, 2.75) is 19.3 Å². The van der Waals surface area contributed by atoms with Gasteiger partial charge in [0, 0.05) is 38.4 Å². The van der Waals surface area contributed by atoms with E-state index in [0.29, 0.717) is 11.4 Å². The van der Waals surface area contributed by atoms with Crippen LogP contribution in [-0.2, 0) is 5.41 Å². The molecular formula is C43H29N3O. The van der Waals surface area contributed by atoms with Crippen molar-refractivity contribution in [2.24, 2.45) is 0 Å². The molecule has 4 nitrogen and oxygen atoms in total. The summed E-state index contributed by atoms with van der Waals surface area (Å²) in [4.78, 5) is 10.3. The van der Waals surface area contributed by atoms with Crippen LogP contribution in [0.25, 0.3) is 83.3 Å². The van der Waals surface area contributed by atoms with Crippen LogP contribution >= 0.6 is 0 Å². The molecule has 1 aliphatic rings. The minimum atomic E-state index is -0.0896. The van der Waals surface area contributed by atoms with Crippen molar-refractivity contribution >= 4 is 43.9 Å². The smallest absolute Gasteiger partial charge is 0.180 e. The largest absolute Gasteiger partial charge is 0.452 e. The van der Waals surface area contributed by atoms with E-state index in [1.807, 2.05) is 36.4 Å². The molecule has 222 valence electrons. The van der Waals surface area contributed by atoms with Crippen molar-refractivity contribution in [3.8, 4) is 39.5 Å². The molecule has 10 rings (SSSR count). The Bertz CT molecular complexity index is 2710. The van der Waals surface area contributed by atoms with Crippen LogP contribution < -0.4 is 0 Å². The Hall–Kier alpha value is -6.00. The summed E-state index contributed by atoms with van der Waals surface area (Å²) < 4.78 is 8.76. The lowest BCUT2D eigenvalue weighted by molar-refractivity contribution is 0.661. The van der Waals surface area contributed by atoms with Crippen molar-refractivity contribution in [1.29, 1.82) is 0 Å². The number of aromatic nitrogens is 3. The SMILES string of the molecule is CC1(C)c2ccccc2-c2cc3c4ccccc4n(-c4cccc(-c5nc(-c6ccccc6)c6oc7ccccc7c6n5)c4)c3cc21. The first kappa shape index (κ1) is 26.2. The van der Waals surface area contributed by atoms with Crippen LogP contribution in [-0.4, -0.2) is 14.5 Å². The zero-order valence-electron chi connectivity index (χ0n) is 26.0. The van der Waals surface area contributed by atoms with Gasteiger partial charge in [0.05, 0.1) is 11.0 Å². The molecule has 0 atom stereocenters. The number of fused-ring (bicyclic) bond motifs is 9. The lowest BCUT2D eigenvalue weighted by Gasteiger charge is -2.21. The summed E-state index contributed by atoms with van der Waals surface area (Å²) >= 11 is 0. The third-order valence-electron chi connectivity index (χ3n) is 10.0. The first-order valence-electron chi connectivity index (χ1n) is 16.1. The molecule has 9 aromatic rings. The summed E-state index contributed by atoms with van der Waals surface area (Å²) in [7, 11) is 0. The molecule has 1 aliphatic carbocycles. The summed E-state index contributed by atoms with van der Waals surface area (Å²) in [5, 5.41) is 3.48. The lowest BCUT2D eigenvalue weighted by atomic mass is 9.82. The van der Waals surface area contributed by atoms with Gasteiger partial charge in [-0.1, -0.05) is 111 Å². The monoisotopic (exact) mass is 603 g/mol. The second kappa shape index (κ2) is 9.51. The Morgan fingerprint density at radius 2 is 1.30 bits per heavy atom. The van der Waals surface area contributed by atoms with E-state index in [-0.39, 0.29) is 5.41 Å². The van der Waals surface area contributed by atoms with Gasteiger partial charge in [0.25, 0.3) is 0 Å². The van der Waals surface area contributed by atoms with E-state index in [9.17, 15) is 0 Å². The normalized spacial score (nSPS) is 13.5. The van der Waals surface area contributed by atoms with Gasteiger partial charge >= 0.3 is 0 Å². The molecule has 0 saturated carbocycles. The minimum Gasteiger partial charge on any atom is -0.452 e. The topological polar surface area (TPSA) is 43.9 Å². The third kappa shape index (κ3) is 3.70. The quantitative estimate of drug-likeness (QED) is 0.202. The molecular weight excluding hydrogens is 574 g/mol. The highest BCUT2D eigenvalue weighted by Gasteiger charge is 2.36. The number of hydrogen-bond donors (Lipinski definition) is 0.